The van der Waals surface area contributed by atoms with Crippen LogP contribution in [0.1, 0.15) is 17.5 Å². The van der Waals surface area contributed by atoms with Crippen LogP contribution in [-0.4, -0.2) is 5.54 Å². The van der Waals surface area contributed by atoms with Crippen molar-refractivity contribution < 1.29 is 0 Å². The smallest absolute Gasteiger partial charge is 0.0858 e. The number of hydrogen-bond acceptors (Lipinski definition) is 2. The highest BCUT2D eigenvalue weighted by atomic mass is 15.2. The number of benzene rings is 6. The summed E-state index contributed by atoms with van der Waals surface area (Å²) in [6, 6.07) is 61.8. The van der Waals surface area contributed by atoms with Crippen LogP contribution in [-0.2, 0) is 0 Å². The minimum absolute atomic E-state index is 0.425. The first-order chi connectivity index (χ1) is 23.8. The number of anilines is 5. The molecule has 0 amide bonds. The number of hydrogen-bond donors (Lipinski definition) is 0. The molecule has 48 heavy (non-hydrogen) atoms. The largest absolute Gasteiger partial charge is 0.328 e. The van der Waals surface area contributed by atoms with E-state index in [0.717, 1.165) is 40.4 Å². The molecule has 7 rings (SSSR count). The number of rotatable bonds is 10. The summed E-state index contributed by atoms with van der Waals surface area (Å²) in [7, 11) is 0. The van der Waals surface area contributed by atoms with Gasteiger partial charge in [0, 0.05) is 28.4 Å². The molecule has 0 fully saturated rings. The predicted octanol–water partition coefficient (Wildman–Crippen LogP) is 12.3. The van der Waals surface area contributed by atoms with E-state index in [-0.39, 0.29) is 0 Å². The minimum atomic E-state index is -0.425. The molecule has 1 aliphatic rings. The molecule has 0 heterocycles. The van der Waals surface area contributed by atoms with Gasteiger partial charge in [-0.3, -0.25) is 0 Å². The van der Waals surface area contributed by atoms with Gasteiger partial charge in [0.25, 0.3) is 0 Å². The summed E-state index contributed by atoms with van der Waals surface area (Å²) in [6.07, 6.45) is 16.8. The van der Waals surface area contributed by atoms with Gasteiger partial charge in [0.05, 0.1) is 5.54 Å². The van der Waals surface area contributed by atoms with Crippen molar-refractivity contribution in [1.29, 1.82) is 0 Å². The fraction of sp³-hybridized carbons (Fsp3) is 0.0435. The van der Waals surface area contributed by atoms with Gasteiger partial charge in [-0.1, -0.05) is 158 Å². The molecule has 0 radical (unpaired) electrons. The van der Waals surface area contributed by atoms with Gasteiger partial charge in [-0.05, 0) is 83.8 Å². The zero-order valence-corrected chi connectivity index (χ0v) is 26.9. The van der Waals surface area contributed by atoms with Gasteiger partial charge < -0.3 is 9.80 Å². The van der Waals surface area contributed by atoms with Crippen molar-refractivity contribution in [3.8, 4) is 0 Å². The third-order valence-electron chi connectivity index (χ3n) is 8.69. The molecule has 0 bridgehead atoms. The minimum Gasteiger partial charge on any atom is -0.328 e. The zero-order valence-electron chi connectivity index (χ0n) is 26.9. The predicted molar refractivity (Wildman–Crippen MR) is 205 cm³/mol. The molecule has 2 nitrogen and oxygen atoms in total. The van der Waals surface area contributed by atoms with E-state index in [1.54, 1.807) is 0 Å². The third kappa shape index (κ3) is 6.99. The summed E-state index contributed by atoms with van der Waals surface area (Å²) in [5.41, 5.74) is 8.78. The van der Waals surface area contributed by atoms with Crippen molar-refractivity contribution in [2.45, 2.75) is 12.0 Å². The Morgan fingerprint density at radius 1 is 0.417 bits per heavy atom. The highest BCUT2D eigenvalue weighted by molar-refractivity contribution is 5.77. The first kappa shape index (κ1) is 30.5. The van der Waals surface area contributed by atoms with Crippen molar-refractivity contribution in [3.63, 3.8) is 0 Å². The molecule has 1 atom stereocenters. The van der Waals surface area contributed by atoms with Gasteiger partial charge in [-0.15, -0.1) is 0 Å². The quantitative estimate of drug-likeness (QED) is 0.151. The molecule has 1 aliphatic carbocycles. The van der Waals surface area contributed by atoms with E-state index in [0.29, 0.717) is 0 Å². The van der Waals surface area contributed by atoms with Crippen LogP contribution in [0, 0.1) is 0 Å². The maximum atomic E-state index is 2.45. The highest BCUT2D eigenvalue weighted by Gasteiger charge is 2.34. The van der Waals surface area contributed by atoms with Gasteiger partial charge in [-0.2, -0.15) is 0 Å². The van der Waals surface area contributed by atoms with Crippen LogP contribution < -0.4 is 9.80 Å². The van der Waals surface area contributed by atoms with Crippen LogP contribution >= 0.6 is 0 Å². The van der Waals surface area contributed by atoms with Crippen molar-refractivity contribution >= 4 is 40.6 Å². The van der Waals surface area contributed by atoms with Crippen molar-refractivity contribution in [2.24, 2.45) is 0 Å². The maximum absolute atomic E-state index is 2.45. The first-order valence-corrected chi connectivity index (χ1v) is 16.5. The summed E-state index contributed by atoms with van der Waals surface area (Å²) >= 11 is 0. The van der Waals surface area contributed by atoms with E-state index in [4.69, 9.17) is 0 Å². The van der Waals surface area contributed by atoms with Crippen LogP contribution in [0.4, 0.5) is 28.4 Å². The lowest BCUT2D eigenvalue weighted by atomic mass is 9.84. The lowest BCUT2D eigenvalue weighted by Gasteiger charge is -2.43. The van der Waals surface area contributed by atoms with Crippen LogP contribution in [0.3, 0.4) is 0 Å². The second-order valence-corrected chi connectivity index (χ2v) is 11.9. The van der Waals surface area contributed by atoms with Crippen molar-refractivity contribution in [3.05, 3.63) is 223 Å². The standard InChI is InChI=1S/C46H38N2/c1-6-16-38(17-7-1)26-27-40-33-36-46(37-34-40,48(44-22-12-4-13-23-44)45-24-14-5-15-25-45)35-32-39-28-30-43(31-29-39)47(41-18-8-2-9-19-41)42-20-10-3-11-21-42/h1-36H,37H2. The summed E-state index contributed by atoms with van der Waals surface area (Å²) in [6.45, 7) is 0. The van der Waals surface area contributed by atoms with E-state index in [2.05, 4.69) is 228 Å². The molecule has 0 aliphatic heterocycles. The van der Waals surface area contributed by atoms with Gasteiger partial charge in [0.2, 0.25) is 0 Å². The number of nitrogens with zero attached hydrogens (tertiary/aromatic N) is 2. The molecule has 6 aromatic rings. The van der Waals surface area contributed by atoms with Crippen molar-refractivity contribution in [1.82, 2.24) is 0 Å². The fourth-order valence-electron chi connectivity index (χ4n) is 6.26. The lowest BCUT2D eigenvalue weighted by Crippen LogP contribution is -2.43. The average Bonchev–Trinajstić information content (AvgIpc) is 3.17. The molecule has 0 saturated heterocycles. The molecule has 6 aromatic carbocycles. The van der Waals surface area contributed by atoms with Gasteiger partial charge in [0.15, 0.2) is 0 Å². The van der Waals surface area contributed by atoms with Crippen LogP contribution in [0.15, 0.2) is 212 Å². The lowest BCUT2D eigenvalue weighted by molar-refractivity contribution is 0.635. The monoisotopic (exact) mass is 618 g/mol. The topological polar surface area (TPSA) is 6.48 Å². The molecular formula is C46H38N2. The van der Waals surface area contributed by atoms with Gasteiger partial charge in [-0.25, -0.2) is 0 Å². The Labute approximate surface area is 284 Å². The average molecular weight is 619 g/mol. The molecule has 1 unspecified atom stereocenters. The van der Waals surface area contributed by atoms with Gasteiger partial charge >= 0.3 is 0 Å². The second kappa shape index (κ2) is 14.5. The molecule has 232 valence electrons. The third-order valence-corrected chi connectivity index (χ3v) is 8.69. The van der Waals surface area contributed by atoms with E-state index < -0.39 is 5.54 Å². The van der Waals surface area contributed by atoms with E-state index >= 15 is 0 Å². The van der Waals surface area contributed by atoms with E-state index in [1.807, 2.05) is 0 Å². The second-order valence-electron chi connectivity index (χ2n) is 11.9. The summed E-state index contributed by atoms with van der Waals surface area (Å²) in [5.74, 6) is 0. The Morgan fingerprint density at radius 2 is 0.854 bits per heavy atom. The van der Waals surface area contributed by atoms with Crippen LogP contribution in [0.2, 0.25) is 0 Å². The zero-order chi connectivity index (χ0) is 32.4. The number of para-hydroxylation sites is 4. The SMILES string of the molecule is C(=Cc1ccccc1)C1=CCC(C=Cc2ccc(N(c3ccccc3)c3ccccc3)cc2)(N(c2ccccc2)c2ccccc2)C=C1. The van der Waals surface area contributed by atoms with Crippen LogP contribution in [0.25, 0.3) is 12.2 Å². The molecule has 0 spiro atoms. The van der Waals surface area contributed by atoms with Gasteiger partial charge in [0.1, 0.15) is 0 Å². The normalized spacial score (nSPS) is 15.8. The molecule has 2 heteroatoms. The Morgan fingerprint density at radius 3 is 1.33 bits per heavy atom. The molecule has 0 saturated carbocycles. The Hall–Kier alpha value is -6.12. The van der Waals surface area contributed by atoms with Crippen molar-refractivity contribution in [2.75, 3.05) is 9.80 Å². The molecule has 0 aromatic heterocycles. The summed E-state index contributed by atoms with van der Waals surface area (Å²) in [5, 5.41) is 0. The number of allylic oxidation sites excluding steroid dienone is 3. The highest BCUT2D eigenvalue weighted by Crippen LogP contribution is 2.41. The maximum Gasteiger partial charge on any atom is 0.0858 e. The summed E-state index contributed by atoms with van der Waals surface area (Å²) < 4.78 is 0. The Bertz CT molecular complexity index is 1930. The van der Waals surface area contributed by atoms with E-state index in [9.17, 15) is 0 Å². The first-order valence-electron chi connectivity index (χ1n) is 16.5. The van der Waals surface area contributed by atoms with E-state index in [1.165, 1.54) is 11.1 Å². The Kier molecular flexibility index (Phi) is 9.25. The molecule has 0 N–H and O–H groups in total. The Balaban J connectivity index is 1.24. The van der Waals surface area contributed by atoms with Crippen LogP contribution in [0.5, 0.6) is 0 Å². The fourth-order valence-corrected chi connectivity index (χ4v) is 6.26. The summed E-state index contributed by atoms with van der Waals surface area (Å²) in [4.78, 5) is 4.75. The molecular weight excluding hydrogens is 581 g/mol.